The van der Waals surface area contributed by atoms with Gasteiger partial charge in [0.25, 0.3) is 0 Å². The van der Waals surface area contributed by atoms with Crippen molar-refractivity contribution in [3.05, 3.63) is 209 Å². The third-order valence-electron chi connectivity index (χ3n) is 16.3. The van der Waals surface area contributed by atoms with E-state index in [9.17, 15) is 0 Å². The van der Waals surface area contributed by atoms with Crippen LogP contribution in [0.5, 0.6) is 0 Å². The van der Waals surface area contributed by atoms with E-state index in [4.69, 9.17) is 0 Å². The summed E-state index contributed by atoms with van der Waals surface area (Å²) in [5.41, 5.74) is 25.5. The minimum atomic E-state index is -0.152. The molecular formula is C61H51N. The van der Waals surface area contributed by atoms with E-state index in [1.54, 1.807) is 5.56 Å². The Bertz CT molecular complexity index is 3180. The highest BCUT2D eigenvalue weighted by Crippen LogP contribution is 2.66. The molecule has 0 aromatic heterocycles. The summed E-state index contributed by atoms with van der Waals surface area (Å²) in [6.07, 6.45) is 5.31. The van der Waals surface area contributed by atoms with Gasteiger partial charge in [0.2, 0.25) is 0 Å². The third kappa shape index (κ3) is 4.75. The normalized spacial score (nSPS) is 21.0. The number of fused-ring (bicyclic) bond motifs is 14. The van der Waals surface area contributed by atoms with E-state index < -0.39 is 0 Å². The highest BCUT2D eigenvalue weighted by Gasteiger charge is 2.57. The Hall–Kier alpha value is -6.44. The van der Waals surface area contributed by atoms with Crippen molar-refractivity contribution < 1.29 is 0 Å². The topological polar surface area (TPSA) is 3.24 Å². The Morgan fingerprint density at radius 2 is 0.919 bits per heavy atom. The van der Waals surface area contributed by atoms with Crippen LogP contribution in [0.4, 0.5) is 17.1 Å². The van der Waals surface area contributed by atoms with Gasteiger partial charge in [-0.1, -0.05) is 180 Å². The third-order valence-corrected chi connectivity index (χ3v) is 16.3. The van der Waals surface area contributed by atoms with Gasteiger partial charge in [-0.3, -0.25) is 0 Å². The van der Waals surface area contributed by atoms with Crippen LogP contribution in [0.3, 0.4) is 0 Å². The molecular weight excluding hydrogens is 747 g/mol. The van der Waals surface area contributed by atoms with Crippen molar-refractivity contribution in [1.82, 2.24) is 0 Å². The largest absolute Gasteiger partial charge is 0.309 e. The molecule has 0 N–H and O–H groups in total. The zero-order valence-electron chi connectivity index (χ0n) is 36.2. The van der Waals surface area contributed by atoms with Crippen LogP contribution in [-0.4, -0.2) is 0 Å². The molecule has 1 nitrogen and oxygen atoms in total. The summed E-state index contributed by atoms with van der Waals surface area (Å²) in [5.74, 6) is 1.50. The summed E-state index contributed by atoms with van der Waals surface area (Å²) in [6.45, 7) is 9.61. The fourth-order valence-corrected chi connectivity index (χ4v) is 13.7. The number of anilines is 3. The lowest BCUT2D eigenvalue weighted by atomic mass is 9.67. The predicted molar refractivity (Wildman–Crippen MR) is 259 cm³/mol. The molecule has 62 heavy (non-hydrogen) atoms. The van der Waals surface area contributed by atoms with Gasteiger partial charge in [-0.2, -0.15) is 0 Å². The molecule has 8 aromatic carbocycles. The van der Waals surface area contributed by atoms with E-state index in [-0.39, 0.29) is 16.2 Å². The lowest BCUT2D eigenvalue weighted by Crippen LogP contribution is -2.32. The zero-order valence-corrected chi connectivity index (χ0v) is 36.2. The zero-order chi connectivity index (χ0) is 41.5. The first kappa shape index (κ1) is 36.2. The number of benzene rings is 8. The minimum Gasteiger partial charge on any atom is -0.309 e. The van der Waals surface area contributed by atoms with Crippen LogP contribution in [0, 0.1) is 11.8 Å². The van der Waals surface area contributed by atoms with Gasteiger partial charge in [0.05, 0.1) is 11.4 Å². The Morgan fingerprint density at radius 1 is 0.403 bits per heavy atom. The summed E-state index contributed by atoms with van der Waals surface area (Å²) in [4.78, 5) is 2.62. The second-order valence-electron chi connectivity index (χ2n) is 20.0. The van der Waals surface area contributed by atoms with E-state index in [1.165, 1.54) is 126 Å². The lowest BCUT2D eigenvalue weighted by Gasteiger charge is -2.37. The molecule has 0 aliphatic heterocycles. The Balaban J connectivity index is 1.05. The standard InChI is InChI=1S/C61H51N/c1-59(2)51-23-10-5-17-43(51)46-32-29-39(35-54(46)59)42-16-8-13-26-56(42)62(41-31-33-47-44-18-7-12-25-53(44)61(55(47)36-41)37-38-28-30-40(61)34-38)57-27-14-9-20-48(57)50-22-15-21-49-45-19-6-11-24-52(45)60(3,4)58(49)50/h5-27,29,31-33,35-36,38,40H,28,30,34,37H2,1-4H3. The molecule has 2 saturated carbocycles. The van der Waals surface area contributed by atoms with Crippen LogP contribution in [0.1, 0.15) is 86.8 Å². The van der Waals surface area contributed by atoms with E-state index >= 15 is 0 Å². The fourth-order valence-electron chi connectivity index (χ4n) is 13.7. The maximum atomic E-state index is 2.63. The molecule has 300 valence electrons. The summed E-state index contributed by atoms with van der Waals surface area (Å²) < 4.78 is 0. The van der Waals surface area contributed by atoms with Crippen LogP contribution in [-0.2, 0) is 16.2 Å². The first-order valence-electron chi connectivity index (χ1n) is 23.0. The first-order valence-corrected chi connectivity index (χ1v) is 23.0. The molecule has 5 aliphatic carbocycles. The SMILES string of the molecule is CC1(C)c2ccccc2-c2ccc(-c3ccccc3N(c3ccc4c(c3)C3(CC5CCC3C5)c3ccccc3-4)c3ccccc3-c3cccc4c3C(C)(C)c3ccccc3-4)cc21. The highest BCUT2D eigenvalue weighted by atomic mass is 15.1. The van der Waals surface area contributed by atoms with Gasteiger partial charge in [-0.05, 0) is 139 Å². The average molecular weight is 798 g/mol. The number of hydrogen-bond acceptors (Lipinski definition) is 1. The van der Waals surface area contributed by atoms with Gasteiger partial charge in [-0.15, -0.1) is 0 Å². The van der Waals surface area contributed by atoms with Gasteiger partial charge in [-0.25, -0.2) is 0 Å². The van der Waals surface area contributed by atoms with Crippen LogP contribution in [0.15, 0.2) is 176 Å². The van der Waals surface area contributed by atoms with Crippen molar-refractivity contribution in [3.8, 4) is 55.6 Å². The number of hydrogen-bond donors (Lipinski definition) is 0. The quantitative estimate of drug-likeness (QED) is 0.168. The van der Waals surface area contributed by atoms with Crippen molar-refractivity contribution >= 4 is 17.1 Å². The molecule has 5 aliphatic rings. The van der Waals surface area contributed by atoms with Gasteiger partial charge >= 0.3 is 0 Å². The van der Waals surface area contributed by atoms with E-state index in [0.717, 1.165) is 5.92 Å². The molecule has 13 rings (SSSR count). The molecule has 3 atom stereocenters. The maximum absolute atomic E-state index is 2.63. The summed E-state index contributed by atoms with van der Waals surface area (Å²) in [7, 11) is 0. The molecule has 2 fully saturated rings. The van der Waals surface area contributed by atoms with Crippen molar-refractivity contribution in [2.45, 2.75) is 69.6 Å². The Morgan fingerprint density at radius 3 is 1.61 bits per heavy atom. The Kier molecular flexibility index (Phi) is 7.48. The summed E-state index contributed by atoms with van der Waals surface area (Å²) in [6, 6.07) is 67.5. The molecule has 0 heterocycles. The monoisotopic (exact) mass is 797 g/mol. The lowest BCUT2D eigenvalue weighted by molar-refractivity contribution is 0.327. The van der Waals surface area contributed by atoms with E-state index in [0.29, 0.717) is 5.92 Å². The van der Waals surface area contributed by atoms with Gasteiger partial charge in [0.1, 0.15) is 0 Å². The highest BCUT2D eigenvalue weighted by molar-refractivity contribution is 5.98. The molecule has 0 amide bonds. The van der Waals surface area contributed by atoms with Gasteiger partial charge < -0.3 is 4.90 Å². The maximum Gasteiger partial charge on any atom is 0.0540 e. The summed E-state index contributed by atoms with van der Waals surface area (Å²) >= 11 is 0. The average Bonchev–Trinajstić information content (AvgIpc) is 4.10. The number of nitrogens with zero attached hydrogens (tertiary/aromatic N) is 1. The molecule has 2 bridgehead atoms. The van der Waals surface area contributed by atoms with E-state index in [1.807, 2.05) is 0 Å². The van der Waals surface area contributed by atoms with Crippen LogP contribution in [0.2, 0.25) is 0 Å². The second kappa shape index (κ2) is 12.8. The van der Waals surface area contributed by atoms with Gasteiger partial charge in [0, 0.05) is 33.1 Å². The first-order chi connectivity index (χ1) is 30.2. The van der Waals surface area contributed by atoms with E-state index in [2.05, 4.69) is 209 Å². The van der Waals surface area contributed by atoms with Crippen molar-refractivity contribution in [1.29, 1.82) is 0 Å². The fraction of sp³-hybridized carbons (Fsp3) is 0.213. The van der Waals surface area contributed by atoms with Gasteiger partial charge in [0.15, 0.2) is 0 Å². The molecule has 1 heteroatoms. The van der Waals surface area contributed by atoms with Crippen LogP contribution >= 0.6 is 0 Å². The molecule has 3 unspecified atom stereocenters. The second-order valence-corrected chi connectivity index (χ2v) is 20.0. The number of rotatable bonds is 5. The molecule has 1 spiro atoms. The smallest absolute Gasteiger partial charge is 0.0540 e. The van der Waals surface area contributed by atoms with Crippen LogP contribution < -0.4 is 4.90 Å². The minimum absolute atomic E-state index is 0.0756. The van der Waals surface area contributed by atoms with Crippen LogP contribution in [0.25, 0.3) is 55.6 Å². The van der Waals surface area contributed by atoms with Crippen molar-refractivity contribution in [2.75, 3.05) is 4.90 Å². The van der Waals surface area contributed by atoms with Crippen molar-refractivity contribution in [3.63, 3.8) is 0 Å². The predicted octanol–water partition coefficient (Wildman–Crippen LogP) is 16.2. The molecule has 0 saturated heterocycles. The number of para-hydroxylation sites is 2. The Labute approximate surface area is 366 Å². The molecule has 0 radical (unpaired) electrons. The van der Waals surface area contributed by atoms with Crippen molar-refractivity contribution in [2.24, 2.45) is 11.8 Å². The molecule has 8 aromatic rings. The summed E-state index contributed by atoms with van der Waals surface area (Å²) in [5, 5.41) is 0.